The summed E-state index contributed by atoms with van der Waals surface area (Å²) in [5.74, 6) is -1.35. The molecule has 0 aromatic heterocycles. The highest BCUT2D eigenvalue weighted by Crippen LogP contribution is 2.54. The third-order valence-corrected chi connectivity index (χ3v) is 10.9. The fourth-order valence-corrected chi connectivity index (χ4v) is 7.77. The number of alkyl carbamates (subject to hydrolysis) is 1. The van der Waals surface area contributed by atoms with Gasteiger partial charge in [0.2, 0.25) is 5.91 Å². The molecule has 258 valence electrons. The van der Waals surface area contributed by atoms with Crippen LogP contribution in [0.2, 0.25) is 0 Å². The Balaban J connectivity index is 1.36. The summed E-state index contributed by atoms with van der Waals surface area (Å²) in [6, 6.07) is 14.9. The van der Waals surface area contributed by atoms with Gasteiger partial charge in [0.1, 0.15) is 5.60 Å². The van der Waals surface area contributed by atoms with E-state index >= 15 is 0 Å². The van der Waals surface area contributed by atoms with E-state index in [4.69, 9.17) is 4.74 Å². The van der Waals surface area contributed by atoms with Gasteiger partial charge in [0.05, 0.1) is 5.60 Å². The van der Waals surface area contributed by atoms with E-state index in [9.17, 15) is 33.0 Å². The van der Waals surface area contributed by atoms with Crippen LogP contribution in [-0.2, 0) is 15.1 Å². The summed E-state index contributed by atoms with van der Waals surface area (Å²) in [5, 5.41) is 23.7. The molecule has 4 aliphatic rings. The highest BCUT2D eigenvalue weighted by molar-refractivity contribution is 5.96. The molecule has 6 rings (SSSR count). The van der Waals surface area contributed by atoms with Gasteiger partial charge in [0, 0.05) is 23.7 Å². The molecule has 0 aliphatic heterocycles. The Morgan fingerprint density at radius 2 is 1.53 bits per heavy atom. The zero-order valence-electron chi connectivity index (χ0n) is 28.2. The van der Waals surface area contributed by atoms with Gasteiger partial charge in [-0.25, -0.2) is 4.79 Å². The number of amides is 2. The van der Waals surface area contributed by atoms with Crippen molar-refractivity contribution >= 4 is 17.7 Å². The van der Waals surface area contributed by atoms with Crippen LogP contribution in [0.4, 0.5) is 23.7 Å². The maximum atomic E-state index is 14.0. The number of nitrogens with one attached hydrogen (secondary N) is 1. The molecular formula is C37H49F3N2O5. The number of carbonyl (C=O) groups excluding carboxylic acids is 2. The first-order chi connectivity index (χ1) is 21.8. The number of nitrogens with zero attached hydrogens (tertiary/aromatic N) is 1. The topological polar surface area (TPSA) is 99.1 Å². The molecule has 47 heavy (non-hydrogen) atoms. The molecule has 3 N–H and O–H groups in total. The normalized spacial score (nSPS) is 27.6. The molecule has 0 spiro atoms. The number of aliphatic hydroxyl groups is 2. The first-order valence-electron chi connectivity index (χ1n) is 16.8. The lowest BCUT2D eigenvalue weighted by Crippen LogP contribution is -2.61. The van der Waals surface area contributed by atoms with Gasteiger partial charge in [-0.3, -0.25) is 4.79 Å². The first kappa shape index (κ1) is 35.2. The van der Waals surface area contributed by atoms with Crippen molar-refractivity contribution in [1.29, 1.82) is 0 Å². The van der Waals surface area contributed by atoms with E-state index in [-0.39, 0.29) is 11.0 Å². The number of alkyl halides is 3. The summed E-state index contributed by atoms with van der Waals surface area (Å²) in [7, 11) is 0. The highest BCUT2D eigenvalue weighted by atomic mass is 19.4. The predicted molar refractivity (Wildman–Crippen MR) is 175 cm³/mol. The van der Waals surface area contributed by atoms with Gasteiger partial charge in [-0.05, 0) is 120 Å². The Hall–Kier alpha value is -3.11. The molecule has 2 bridgehead atoms. The molecule has 10 heteroatoms. The molecule has 0 radical (unpaired) electrons. The average molecular weight is 659 g/mol. The highest BCUT2D eigenvalue weighted by Gasteiger charge is 2.63. The van der Waals surface area contributed by atoms with Crippen molar-refractivity contribution in [3.05, 3.63) is 54.1 Å². The Morgan fingerprint density at radius 1 is 0.936 bits per heavy atom. The van der Waals surface area contributed by atoms with Crippen molar-refractivity contribution in [2.24, 2.45) is 11.3 Å². The van der Waals surface area contributed by atoms with Crippen LogP contribution in [0.5, 0.6) is 0 Å². The lowest BCUT2D eigenvalue weighted by molar-refractivity contribution is -0.295. The summed E-state index contributed by atoms with van der Waals surface area (Å²) in [6.45, 7) is 9.63. The van der Waals surface area contributed by atoms with Crippen molar-refractivity contribution in [1.82, 2.24) is 5.32 Å². The standard InChI is InChI=1S/C37H49F3N2O5/c1-6-14-32(2,3)47-31(44)41-35-18-15-34(16-19-35,17-20-35)24-42(30(43)27-22-36(46,23-27)37(38,39)40)29-9-7-8-26(21-29)25-10-12-28(13-11-25)33(4,5)45/h7-13,21,27,45-46H,6,14-20,22-24H2,1-5H3,(H,41,44)/t27-,34?,35?,36+. The lowest BCUT2D eigenvalue weighted by atomic mass is 9.57. The third kappa shape index (κ3) is 7.48. The number of anilines is 1. The minimum atomic E-state index is -4.79. The van der Waals surface area contributed by atoms with Gasteiger partial charge in [-0.2, -0.15) is 13.2 Å². The second-order valence-electron chi connectivity index (χ2n) is 15.6. The van der Waals surface area contributed by atoms with E-state index in [0.717, 1.165) is 68.1 Å². The predicted octanol–water partition coefficient (Wildman–Crippen LogP) is 8.02. The number of rotatable bonds is 10. The number of hydrogen-bond acceptors (Lipinski definition) is 5. The number of benzene rings is 2. The van der Waals surface area contributed by atoms with Crippen LogP contribution in [0, 0.1) is 11.3 Å². The minimum Gasteiger partial charge on any atom is -0.444 e. The van der Waals surface area contributed by atoms with Gasteiger partial charge in [0.25, 0.3) is 0 Å². The van der Waals surface area contributed by atoms with E-state index in [2.05, 4.69) is 5.32 Å². The van der Waals surface area contributed by atoms with Crippen LogP contribution in [0.1, 0.15) is 104 Å². The summed E-state index contributed by atoms with van der Waals surface area (Å²) in [6.07, 6.45) is -0.412. The number of carbonyl (C=O) groups is 2. The smallest absolute Gasteiger partial charge is 0.417 e. The molecule has 0 heterocycles. The molecule has 4 saturated carbocycles. The molecular weight excluding hydrogens is 609 g/mol. The molecule has 4 fully saturated rings. The number of fused-ring (bicyclic) bond motifs is 3. The van der Waals surface area contributed by atoms with Gasteiger partial charge in [0.15, 0.2) is 5.60 Å². The minimum absolute atomic E-state index is 0.251. The zero-order chi connectivity index (χ0) is 34.5. The average Bonchev–Trinajstić information content (AvgIpc) is 2.97. The van der Waals surface area contributed by atoms with E-state index in [1.807, 2.05) is 69.3 Å². The third-order valence-electron chi connectivity index (χ3n) is 10.9. The van der Waals surface area contributed by atoms with Crippen molar-refractivity contribution in [2.45, 2.75) is 127 Å². The molecule has 2 aromatic rings. The second-order valence-corrected chi connectivity index (χ2v) is 15.6. The van der Waals surface area contributed by atoms with Crippen molar-refractivity contribution in [3.8, 4) is 11.1 Å². The molecule has 0 saturated heterocycles. The van der Waals surface area contributed by atoms with Crippen LogP contribution in [0.3, 0.4) is 0 Å². The number of ether oxygens (including phenoxy) is 1. The quantitative estimate of drug-likeness (QED) is 0.240. The van der Waals surface area contributed by atoms with E-state index < -0.39 is 53.7 Å². The summed E-state index contributed by atoms with van der Waals surface area (Å²) < 4.78 is 46.3. The monoisotopic (exact) mass is 658 g/mol. The second kappa shape index (κ2) is 12.4. The Morgan fingerprint density at radius 3 is 2.06 bits per heavy atom. The molecule has 4 aliphatic carbocycles. The Kier molecular flexibility index (Phi) is 9.29. The van der Waals surface area contributed by atoms with E-state index in [1.165, 1.54) is 0 Å². The SMILES string of the molecule is CCCC(C)(C)OC(=O)NC12CCC(CN(c3cccc(-c4ccc(C(C)(C)O)cc4)c3)C(=O)[C@H]3C[C@](O)(C(F)(F)F)C3)(CC1)CC2. The molecule has 0 atom stereocenters. The number of hydrogen-bond donors (Lipinski definition) is 3. The van der Waals surface area contributed by atoms with Crippen LogP contribution >= 0.6 is 0 Å². The van der Waals surface area contributed by atoms with Crippen LogP contribution in [-0.4, -0.2) is 51.7 Å². The maximum absolute atomic E-state index is 14.0. The fraction of sp³-hybridized carbons (Fsp3) is 0.622. The van der Waals surface area contributed by atoms with Gasteiger partial charge >= 0.3 is 12.3 Å². The molecule has 0 unspecified atom stereocenters. The van der Waals surface area contributed by atoms with Crippen molar-refractivity contribution in [3.63, 3.8) is 0 Å². The molecule has 2 amide bonds. The molecule has 2 aromatic carbocycles. The van der Waals surface area contributed by atoms with Gasteiger partial charge in [-0.1, -0.05) is 49.7 Å². The molecule has 7 nitrogen and oxygen atoms in total. The Labute approximate surface area is 275 Å². The van der Waals surface area contributed by atoms with Gasteiger partial charge < -0.3 is 25.2 Å². The first-order valence-corrected chi connectivity index (χ1v) is 16.8. The van der Waals surface area contributed by atoms with Crippen LogP contribution < -0.4 is 10.2 Å². The van der Waals surface area contributed by atoms with Crippen LogP contribution in [0.25, 0.3) is 11.1 Å². The summed E-state index contributed by atoms with van der Waals surface area (Å²) >= 11 is 0. The van der Waals surface area contributed by atoms with Gasteiger partial charge in [-0.15, -0.1) is 0 Å². The lowest BCUT2D eigenvalue weighted by Gasteiger charge is -2.55. The van der Waals surface area contributed by atoms with E-state index in [0.29, 0.717) is 12.2 Å². The summed E-state index contributed by atoms with van der Waals surface area (Å²) in [5.41, 5.74) is -1.96. The van der Waals surface area contributed by atoms with E-state index in [1.54, 1.807) is 18.7 Å². The van der Waals surface area contributed by atoms with Crippen molar-refractivity contribution in [2.75, 3.05) is 11.4 Å². The fourth-order valence-electron chi connectivity index (χ4n) is 7.77. The zero-order valence-corrected chi connectivity index (χ0v) is 28.2. The largest absolute Gasteiger partial charge is 0.444 e. The Bertz CT molecular complexity index is 1430. The maximum Gasteiger partial charge on any atom is 0.417 e. The van der Waals surface area contributed by atoms with Crippen molar-refractivity contribution < 1.29 is 37.7 Å². The summed E-state index contributed by atoms with van der Waals surface area (Å²) in [4.78, 5) is 28.5. The van der Waals surface area contributed by atoms with Crippen LogP contribution in [0.15, 0.2) is 48.5 Å². The number of halogens is 3.